The minimum absolute atomic E-state index is 0.0991. The van der Waals surface area contributed by atoms with Gasteiger partial charge in [0.1, 0.15) is 25.5 Å². The fourth-order valence-electron chi connectivity index (χ4n) is 2.34. The number of aryl methyl sites for hydroxylation is 1. The van der Waals surface area contributed by atoms with Crippen molar-refractivity contribution >= 4 is 18.8 Å². The Morgan fingerprint density at radius 1 is 1.56 bits per heavy atom. The third-order valence-electron chi connectivity index (χ3n) is 3.54. The quantitative estimate of drug-likeness (QED) is 0.249. The maximum absolute atomic E-state index is 11.9. The highest BCUT2D eigenvalue weighted by atomic mass is 32.1. The monoisotopic (exact) mass is 371 g/mol. The molecule has 25 heavy (non-hydrogen) atoms. The predicted octanol–water partition coefficient (Wildman–Crippen LogP) is 0.894. The Labute approximate surface area is 146 Å². The molecule has 0 unspecified atom stereocenters. The van der Waals surface area contributed by atoms with Gasteiger partial charge in [-0.25, -0.2) is 9.59 Å². The molecule has 1 aromatic heterocycles. The van der Waals surface area contributed by atoms with Crippen molar-refractivity contribution in [3.8, 4) is 0 Å². The Morgan fingerprint density at radius 3 is 3.00 bits per heavy atom. The summed E-state index contributed by atoms with van der Waals surface area (Å²) in [6, 6.07) is -0.646. The molecule has 1 fully saturated rings. The van der Waals surface area contributed by atoms with Crippen molar-refractivity contribution in [1.29, 1.82) is 0 Å². The third kappa shape index (κ3) is 4.78. The summed E-state index contributed by atoms with van der Waals surface area (Å²) in [6.07, 6.45) is -0.847. The fourth-order valence-corrected chi connectivity index (χ4v) is 2.44. The van der Waals surface area contributed by atoms with Crippen LogP contribution < -0.4 is 11.2 Å². The van der Waals surface area contributed by atoms with Gasteiger partial charge in [-0.1, -0.05) is 5.11 Å². The summed E-state index contributed by atoms with van der Waals surface area (Å²) >= 11 is 3.90. The molecule has 11 nitrogen and oxygen atoms in total. The van der Waals surface area contributed by atoms with Gasteiger partial charge >= 0.3 is 11.8 Å². The Morgan fingerprint density at radius 2 is 2.32 bits per heavy atom. The lowest BCUT2D eigenvalue weighted by molar-refractivity contribution is -0.0415. The zero-order chi connectivity index (χ0) is 18.4. The number of nitrogens with zero attached hydrogens (tertiary/aromatic N) is 4. The van der Waals surface area contributed by atoms with Gasteiger partial charge < -0.3 is 14.2 Å². The molecule has 1 N–H and O–H groups in total. The van der Waals surface area contributed by atoms with Crippen LogP contribution in [0.3, 0.4) is 0 Å². The number of aromatic amines is 1. The van der Waals surface area contributed by atoms with E-state index < -0.39 is 35.8 Å². The van der Waals surface area contributed by atoms with Crippen LogP contribution in [0.5, 0.6) is 0 Å². The summed E-state index contributed by atoms with van der Waals surface area (Å²) in [5, 5.41) is 3.61. The number of azide groups is 1. The molecule has 0 bridgehead atoms. The van der Waals surface area contributed by atoms with Crippen LogP contribution in [0.15, 0.2) is 20.9 Å². The van der Waals surface area contributed by atoms with Gasteiger partial charge in [0.05, 0.1) is 6.04 Å². The minimum Gasteiger partial charge on any atom is -0.433 e. The van der Waals surface area contributed by atoms with Crippen molar-refractivity contribution in [1.82, 2.24) is 9.55 Å². The number of hydrogen-bond acceptors (Lipinski definition) is 8. The standard InChI is InChI=1S/C13H17N5O6S/c1-7-5-18(12(20)15-11(7)19)10-4-8(16-17-14)9(24-10)6-23-13(21)22-2-3-25/h5,8-10,25H,2-4,6H2,1H3,(H,15,19,20)/t8-,9+,10+/m0/s1. The van der Waals surface area contributed by atoms with Gasteiger partial charge in [-0.05, 0) is 12.5 Å². The lowest BCUT2D eigenvalue weighted by Gasteiger charge is -2.16. The van der Waals surface area contributed by atoms with E-state index in [-0.39, 0.29) is 19.6 Å². The van der Waals surface area contributed by atoms with Gasteiger partial charge in [-0.15, -0.1) is 0 Å². The number of H-pyrrole nitrogens is 1. The topological polar surface area (TPSA) is 148 Å². The second-order valence-corrected chi connectivity index (χ2v) is 5.70. The second kappa shape index (κ2) is 8.60. The van der Waals surface area contributed by atoms with Crippen molar-refractivity contribution in [2.24, 2.45) is 5.11 Å². The van der Waals surface area contributed by atoms with E-state index in [4.69, 9.17) is 19.7 Å². The Bertz CT molecular complexity index is 786. The first kappa shape index (κ1) is 18.9. The molecule has 0 amide bonds. The molecule has 0 aliphatic carbocycles. The van der Waals surface area contributed by atoms with Crippen molar-refractivity contribution < 1.29 is 19.0 Å². The first-order chi connectivity index (χ1) is 12.0. The first-order valence-electron chi connectivity index (χ1n) is 7.38. The zero-order valence-electron chi connectivity index (χ0n) is 13.3. The molecule has 3 atom stereocenters. The average Bonchev–Trinajstić information content (AvgIpc) is 2.97. The smallest absolute Gasteiger partial charge is 0.433 e. The summed E-state index contributed by atoms with van der Waals surface area (Å²) in [7, 11) is 0. The number of aromatic nitrogens is 2. The van der Waals surface area contributed by atoms with E-state index in [0.717, 1.165) is 0 Å². The van der Waals surface area contributed by atoms with Crippen LogP contribution in [0.4, 0.5) is 4.79 Å². The first-order valence-corrected chi connectivity index (χ1v) is 8.01. The van der Waals surface area contributed by atoms with Crippen LogP contribution >= 0.6 is 12.6 Å². The SMILES string of the molecule is Cc1cn([C@H]2C[C@H](N=[N+]=[N-])[C@@H](COC(=O)OCCS)O2)c(=O)[nH]c1=O. The van der Waals surface area contributed by atoms with Crippen LogP contribution in [0.2, 0.25) is 0 Å². The normalized spacial score (nSPS) is 22.2. The number of nitrogens with one attached hydrogen (secondary N) is 1. The van der Waals surface area contributed by atoms with E-state index in [1.54, 1.807) is 6.92 Å². The van der Waals surface area contributed by atoms with E-state index in [2.05, 4.69) is 27.6 Å². The van der Waals surface area contributed by atoms with Gasteiger partial charge in [0.15, 0.2) is 0 Å². The van der Waals surface area contributed by atoms with Crippen LogP contribution in [0.1, 0.15) is 18.2 Å². The van der Waals surface area contributed by atoms with Gasteiger partial charge in [0, 0.05) is 28.8 Å². The minimum atomic E-state index is -0.891. The van der Waals surface area contributed by atoms with E-state index >= 15 is 0 Å². The molecular weight excluding hydrogens is 354 g/mol. The molecule has 0 spiro atoms. The van der Waals surface area contributed by atoms with Crippen LogP contribution in [0.25, 0.3) is 10.4 Å². The largest absolute Gasteiger partial charge is 0.508 e. The average molecular weight is 371 g/mol. The van der Waals surface area contributed by atoms with Crippen LogP contribution in [-0.4, -0.2) is 46.8 Å². The van der Waals surface area contributed by atoms with Crippen LogP contribution in [-0.2, 0) is 14.2 Å². The van der Waals surface area contributed by atoms with Gasteiger partial charge in [-0.2, -0.15) is 12.6 Å². The molecule has 0 saturated carbocycles. The highest BCUT2D eigenvalue weighted by molar-refractivity contribution is 7.80. The molecule has 1 aromatic rings. The molecule has 0 aromatic carbocycles. The number of carbonyl (C=O) groups is 1. The van der Waals surface area contributed by atoms with Crippen molar-refractivity contribution in [2.45, 2.75) is 31.7 Å². The molecule has 1 aliphatic rings. The molecule has 2 rings (SSSR count). The lowest BCUT2D eigenvalue weighted by Crippen LogP contribution is -2.33. The second-order valence-electron chi connectivity index (χ2n) is 5.25. The van der Waals surface area contributed by atoms with E-state index in [1.807, 2.05) is 0 Å². The number of ether oxygens (including phenoxy) is 3. The summed E-state index contributed by atoms with van der Waals surface area (Å²) < 4.78 is 16.5. The Hall–Kier alpha value is -2.43. The molecule has 136 valence electrons. The van der Waals surface area contributed by atoms with E-state index in [1.165, 1.54) is 10.8 Å². The Balaban J connectivity index is 2.10. The van der Waals surface area contributed by atoms with Crippen molar-refractivity contribution in [3.63, 3.8) is 0 Å². The summed E-state index contributed by atoms with van der Waals surface area (Å²) in [6.45, 7) is 1.44. The van der Waals surface area contributed by atoms with Crippen LogP contribution in [0, 0.1) is 6.92 Å². The zero-order valence-corrected chi connectivity index (χ0v) is 14.2. The van der Waals surface area contributed by atoms with E-state index in [0.29, 0.717) is 11.3 Å². The predicted molar refractivity (Wildman–Crippen MR) is 88.7 cm³/mol. The van der Waals surface area contributed by atoms with E-state index in [9.17, 15) is 14.4 Å². The maximum Gasteiger partial charge on any atom is 0.508 e. The van der Waals surface area contributed by atoms with Gasteiger partial charge in [0.25, 0.3) is 5.56 Å². The van der Waals surface area contributed by atoms with Gasteiger partial charge in [0.2, 0.25) is 0 Å². The Kier molecular flexibility index (Phi) is 6.51. The summed E-state index contributed by atoms with van der Waals surface area (Å²) in [5.74, 6) is 0.354. The lowest BCUT2D eigenvalue weighted by atomic mass is 10.1. The summed E-state index contributed by atoms with van der Waals surface area (Å²) in [5.41, 5.74) is 7.88. The number of hydrogen-bond donors (Lipinski definition) is 2. The molecule has 0 radical (unpaired) electrons. The maximum atomic E-state index is 11.9. The molecule has 2 heterocycles. The van der Waals surface area contributed by atoms with Crippen molar-refractivity contribution in [3.05, 3.63) is 43.0 Å². The molecule has 1 saturated heterocycles. The molecule has 1 aliphatic heterocycles. The highest BCUT2D eigenvalue weighted by Crippen LogP contribution is 2.30. The number of thiol groups is 1. The third-order valence-corrected chi connectivity index (χ3v) is 3.72. The highest BCUT2D eigenvalue weighted by Gasteiger charge is 2.37. The fraction of sp³-hybridized carbons (Fsp3) is 0.615. The summed E-state index contributed by atoms with van der Waals surface area (Å²) in [4.78, 5) is 39.7. The molecule has 12 heteroatoms. The molecular formula is C13H17N5O6S. The number of carbonyl (C=O) groups excluding carboxylic acids is 1. The van der Waals surface area contributed by atoms with Gasteiger partial charge in [-0.3, -0.25) is 14.3 Å². The van der Waals surface area contributed by atoms with Crippen molar-refractivity contribution in [2.75, 3.05) is 19.0 Å². The number of rotatable bonds is 6.